The van der Waals surface area contributed by atoms with Crippen molar-refractivity contribution in [3.63, 3.8) is 0 Å². The monoisotopic (exact) mass is 538 g/mol. The van der Waals surface area contributed by atoms with Crippen LogP contribution in [0.3, 0.4) is 0 Å². The summed E-state index contributed by atoms with van der Waals surface area (Å²) in [6.45, 7) is 9.64. The van der Waals surface area contributed by atoms with Gasteiger partial charge in [-0.05, 0) is 78.2 Å². The highest BCUT2D eigenvalue weighted by molar-refractivity contribution is 6.01. The van der Waals surface area contributed by atoms with E-state index < -0.39 is 12.1 Å². The number of hydrogen-bond donors (Lipinski definition) is 2. The van der Waals surface area contributed by atoms with Crippen molar-refractivity contribution in [2.45, 2.75) is 53.6 Å². The van der Waals surface area contributed by atoms with Crippen LogP contribution in [0.2, 0.25) is 0 Å². The van der Waals surface area contributed by atoms with Crippen LogP contribution in [0.4, 0.5) is 4.39 Å². The van der Waals surface area contributed by atoms with Crippen molar-refractivity contribution < 1.29 is 28.2 Å². The van der Waals surface area contributed by atoms with Crippen LogP contribution in [0.5, 0.6) is 0 Å². The number of esters is 1. The fourth-order valence-corrected chi connectivity index (χ4v) is 5.24. The summed E-state index contributed by atoms with van der Waals surface area (Å²) in [5.74, 6) is -1.77. The van der Waals surface area contributed by atoms with Crippen LogP contribution in [-0.4, -0.2) is 50.6 Å². The molecule has 0 aromatic heterocycles. The van der Waals surface area contributed by atoms with Crippen LogP contribution in [0, 0.1) is 24.6 Å². The number of carbonyl (C=O) groups is 3. The molecule has 3 atom stereocenters. The van der Waals surface area contributed by atoms with Gasteiger partial charge < -0.3 is 20.5 Å². The molecule has 0 fully saturated rings. The molecule has 1 aliphatic carbocycles. The van der Waals surface area contributed by atoms with Gasteiger partial charge in [-0.2, -0.15) is 0 Å². The summed E-state index contributed by atoms with van der Waals surface area (Å²) < 4.78 is 24.9. The third kappa shape index (κ3) is 6.62. The highest BCUT2D eigenvalue weighted by Gasteiger charge is 2.37. The van der Waals surface area contributed by atoms with Crippen molar-refractivity contribution in [1.29, 1.82) is 0 Å². The van der Waals surface area contributed by atoms with Crippen LogP contribution in [0.1, 0.15) is 51.7 Å². The lowest BCUT2D eigenvalue weighted by molar-refractivity contribution is -0.154. The Bertz CT molecular complexity index is 1270. The first kappa shape index (κ1) is 30.2. The molecule has 3 unspecified atom stereocenters. The van der Waals surface area contributed by atoms with E-state index in [-0.39, 0.29) is 49.0 Å². The summed E-state index contributed by atoms with van der Waals surface area (Å²) in [4.78, 5) is 38.5. The molecule has 0 spiro atoms. The van der Waals surface area contributed by atoms with Gasteiger partial charge in [-0.1, -0.05) is 39.0 Å². The van der Waals surface area contributed by atoms with Gasteiger partial charge in [0, 0.05) is 30.7 Å². The Morgan fingerprint density at radius 1 is 1.26 bits per heavy atom. The number of amides is 1. The maximum Gasteiger partial charge on any atom is 0.340 e. The Kier molecular flexibility index (Phi) is 10.2. The first-order chi connectivity index (χ1) is 18.5. The van der Waals surface area contributed by atoms with Crippen LogP contribution in [0.15, 0.2) is 58.2 Å². The zero-order valence-corrected chi connectivity index (χ0v) is 23.7. The smallest absolute Gasteiger partial charge is 0.340 e. The second-order valence-electron chi connectivity index (χ2n) is 10.2. The van der Waals surface area contributed by atoms with Crippen LogP contribution in [0.25, 0.3) is 5.57 Å². The molecule has 1 aromatic carbocycles. The number of nitrogens with one attached hydrogen (secondary N) is 1. The third-order valence-electron chi connectivity index (χ3n) is 7.59. The lowest BCUT2D eigenvalue weighted by Crippen LogP contribution is -2.37. The minimum Gasteiger partial charge on any atom is -0.458 e. The van der Waals surface area contributed by atoms with Gasteiger partial charge in [-0.25, -0.2) is 9.18 Å². The fraction of sp³-hybridized carbons (Fsp3) is 0.452. The predicted molar refractivity (Wildman–Crippen MR) is 149 cm³/mol. The Morgan fingerprint density at radius 2 is 1.97 bits per heavy atom. The van der Waals surface area contributed by atoms with Gasteiger partial charge in [0.2, 0.25) is 5.91 Å². The lowest BCUT2D eigenvalue weighted by Gasteiger charge is -2.31. The molecular formula is C31H39FN2O5. The minimum absolute atomic E-state index is 0.0886. The van der Waals surface area contributed by atoms with E-state index in [9.17, 15) is 18.8 Å². The largest absolute Gasteiger partial charge is 0.458 e. The molecule has 210 valence electrons. The molecule has 1 heterocycles. The highest BCUT2D eigenvalue weighted by Crippen LogP contribution is 2.39. The summed E-state index contributed by atoms with van der Waals surface area (Å²) in [5.41, 5.74) is 11.6. The number of ether oxygens (including phenoxy) is 2. The number of methoxy groups -OCH3 is 1. The van der Waals surface area contributed by atoms with Crippen molar-refractivity contribution in [3.05, 3.63) is 75.2 Å². The molecular weight excluding hydrogens is 499 g/mol. The van der Waals surface area contributed by atoms with E-state index in [4.69, 9.17) is 15.2 Å². The van der Waals surface area contributed by atoms with Gasteiger partial charge in [-0.15, -0.1) is 0 Å². The average Bonchev–Trinajstić information content (AvgIpc) is 2.90. The normalized spacial score (nSPS) is 26.0. The first-order valence-corrected chi connectivity index (χ1v) is 13.3. The molecule has 7 nitrogen and oxygen atoms in total. The van der Waals surface area contributed by atoms with Gasteiger partial charge in [0.25, 0.3) is 0 Å². The molecule has 0 bridgehead atoms. The molecule has 8 heteroatoms. The summed E-state index contributed by atoms with van der Waals surface area (Å²) in [6, 6.07) is 4.60. The van der Waals surface area contributed by atoms with Crippen molar-refractivity contribution in [2.75, 3.05) is 26.8 Å². The van der Waals surface area contributed by atoms with Gasteiger partial charge in [0.1, 0.15) is 12.4 Å². The summed E-state index contributed by atoms with van der Waals surface area (Å²) in [5, 5.41) is 2.89. The Labute approximate surface area is 230 Å². The molecule has 0 saturated heterocycles. The van der Waals surface area contributed by atoms with Crippen LogP contribution >= 0.6 is 0 Å². The highest BCUT2D eigenvalue weighted by atomic mass is 19.1. The SMILES string of the molecule is CC/C=C1C(\C)=C\C2=C(COC(=O)C2OC)C(=O)C(C)C(C)CC\1=C(/CNC(=O)CN)c1ccc(F)cc1C. The third-order valence-corrected chi connectivity index (χ3v) is 7.59. The second-order valence-corrected chi connectivity index (χ2v) is 10.2. The molecule has 0 saturated carbocycles. The first-order valence-electron chi connectivity index (χ1n) is 13.3. The van der Waals surface area contributed by atoms with Gasteiger partial charge >= 0.3 is 5.97 Å². The zero-order chi connectivity index (χ0) is 28.9. The van der Waals surface area contributed by atoms with Crippen molar-refractivity contribution in [3.8, 4) is 0 Å². The summed E-state index contributed by atoms with van der Waals surface area (Å²) in [6.07, 6.45) is 4.20. The van der Waals surface area contributed by atoms with E-state index in [0.717, 1.165) is 39.8 Å². The van der Waals surface area contributed by atoms with Gasteiger partial charge in [-0.3, -0.25) is 9.59 Å². The number of Topliss-reactive ketones (excluding diaryl/α,β-unsaturated/α-hetero) is 1. The molecule has 1 amide bonds. The second kappa shape index (κ2) is 13.1. The predicted octanol–water partition coefficient (Wildman–Crippen LogP) is 4.36. The number of halogens is 1. The number of cyclic esters (lactones) is 1. The maximum absolute atomic E-state index is 14.1. The van der Waals surface area contributed by atoms with E-state index in [1.807, 2.05) is 40.7 Å². The Morgan fingerprint density at radius 3 is 2.59 bits per heavy atom. The quantitative estimate of drug-likeness (QED) is 0.521. The molecule has 3 N–H and O–H groups in total. The maximum atomic E-state index is 14.1. The van der Waals surface area contributed by atoms with Crippen LogP contribution < -0.4 is 11.1 Å². The molecule has 2 aliphatic rings. The molecule has 39 heavy (non-hydrogen) atoms. The Balaban J connectivity index is 2.38. The number of allylic oxidation sites excluding steroid dienone is 4. The molecule has 3 rings (SSSR count). The van der Waals surface area contributed by atoms with E-state index in [1.165, 1.54) is 19.2 Å². The number of hydrogen-bond acceptors (Lipinski definition) is 6. The number of benzene rings is 1. The number of aryl methyl sites for hydroxylation is 1. The van der Waals surface area contributed by atoms with Crippen LogP contribution in [-0.2, 0) is 23.9 Å². The van der Waals surface area contributed by atoms with E-state index in [0.29, 0.717) is 17.6 Å². The molecule has 1 aliphatic heterocycles. The zero-order valence-electron chi connectivity index (χ0n) is 23.7. The average molecular weight is 539 g/mol. The van der Waals surface area contributed by atoms with Gasteiger partial charge in [0.05, 0.1) is 6.54 Å². The molecule has 0 radical (unpaired) electrons. The fourth-order valence-electron chi connectivity index (χ4n) is 5.24. The van der Waals surface area contributed by atoms with E-state index in [1.54, 1.807) is 6.07 Å². The standard InChI is InChI=1S/C31H39FN2O5/c1-7-8-22-19(4)13-25-27(16-39-31(37)30(25)38-6)29(36)20(5)17(2)12-24(22)26(15-34-28(35)14-33)23-10-9-21(32)11-18(23)3/h8-11,13,17,20,30H,7,12,14-16,33H2,1-6H3,(H,34,35)/b19-13+,22-8+,26-24-. The summed E-state index contributed by atoms with van der Waals surface area (Å²) in [7, 11) is 1.42. The minimum atomic E-state index is -1.01. The number of ketones is 1. The van der Waals surface area contributed by atoms with E-state index >= 15 is 0 Å². The molecule has 1 aromatic rings. The Hall–Kier alpha value is -3.36. The van der Waals surface area contributed by atoms with E-state index in [2.05, 4.69) is 11.4 Å². The van der Waals surface area contributed by atoms with Gasteiger partial charge in [0.15, 0.2) is 11.9 Å². The van der Waals surface area contributed by atoms with Crippen molar-refractivity contribution >= 4 is 23.2 Å². The number of nitrogens with two attached hydrogens (primary N) is 1. The lowest BCUT2D eigenvalue weighted by atomic mass is 9.76. The summed E-state index contributed by atoms with van der Waals surface area (Å²) >= 11 is 0. The number of carbonyl (C=O) groups excluding carboxylic acids is 3. The number of rotatable bonds is 6. The topological polar surface area (TPSA) is 108 Å². The van der Waals surface area contributed by atoms with Crippen molar-refractivity contribution in [1.82, 2.24) is 5.32 Å². The van der Waals surface area contributed by atoms with Crippen molar-refractivity contribution in [2.24, 2.45) is 17.6 Å².